The van der Waals surface area contributed by atoms with E-state index in [1.807, 2.05) is 11.8 Å². The summed E-state index contributed by atoms with van der Waals surface area (Å²) in [5.74, 6) is 1.62. The van der Waals surface area contributed by atoms with Crippen molar-refractivity contribution < 1.29 is 9.18 Å². The topological polar surface area (TPSA) is 51.0 Å². The van der Waals surface area contributed by atoms with Crippen molar-refractivity contribution in [2.45, 2.75) is 52.0 Å². The fourth-order valence-electron chi connectivity index (χ4n) is 3.31. The molecule has 0 saturated carbocycles. The highest BCUT2D eigenvalue weighted by molar-refractivity contribution is 5.75. The summed E-state index contributed by atoms with van der Waals surface area (Å²) in [4.78, 5) is 14.1. The fourth-order valence-corrected chi connectivity index (χ4v) is 3.31. The Labute approximate surface area is 147 Å². The first-order valence-electron chi connectivity index (χ1n) is 9.15. The molecule has 0 N–H and O–H groups in total. The lowest BCUT2D eigenvalue weighted by molar-refractivity contribution is -0.130. The second kappa shape index (κ2) is 8.23. The minimum absolute atomic E-state index is 0.198. The van der Waals surface area contributed by atoms with Crippen LogP contribution in [0.5, 0.6) is 0 Å². The Kier molecular flexibility index (Phi) is 5.79. The highest BCUT2D eigenvalue weighted by Gasteiger charge is 2.18. The molecule has 2 aromatic rings. The van der Waals surface area contributed by atoms with Crippen LogP contribution in [0.1, 0.15) is 44.9 Å². The molecule has 1 aliphatic rings. The molecule has 2 heterocycles. The molecule has 1 aromatic carbocycles. The molecule has 5 nitrogen and oxygen atoms in total. The Morgan fingerprint density at radius 3 is 2.48 bits per heavy atom. The standard InChI is InChI=1S/C19H25FN4O/c1-2-18(25)23-12-5-3-4-6-13-24-17(11-14-23)21-22-19(24)15-7-9-16(20)10-8-15/h7-10H,2-6,11-14H2,1H3. The Balaban J connectivity index is 1.86. The third-order valence-corrected chi connectivity index (χ3v) is 4.75. The van der Waals surface area contributed by atoms with Crippen LogP contribution >= 0.6 is 0 Å². The summed E-state index contributed by atoms with van der Waals surface area (Å²) < 4.78 is 15.3. The van der Waals surface area contributed by atoms with E-state index in [2.05, 4.69) is 14.8 Å². The van der Waals surface area contributed by atoms with Gasteiger partial charge in [0.2, 0.25) is 5.91 Å². The molecule has 1 aromatic heterocycles. The molecule has 134 valence electrons. The van der Waals surface area contributed by atoms with E-state index >= 15 is 0 Å². The first kappa shape index (κ1) is 17.6. The van der Waals surface area contributed by atoms with Crippen molar-refractivity contribution in [1.29, 1.82) is 0 Å². The number of aromatic nitrogens is 3. The average Bonchev–Trinajstić information content (AvgIpc) is 3.01. The molecular weight excluding hydrogens is 319 g/mol. The number of hydrogen-bond donors (Lipinski definition) is 0. The van der Waals surface area contributed by atoms with Crippen LogP contribution in [0.4, 0.5) is 4.39 Å². The second-order valence-electron chi connectivity index (χ2n) is 6.50. The number of fused-ring (bicyclic) bond motifs is 1. The van der Waals surface area contributed by atoms with Crippen LogP contribution in [0.25, 0.3) is 11.4 Å². The van der Waals surface area contributed by atoms with Gasteiger partial charge in [0.25, 0.3) is 0 Å². The zero-order valence-electron chi connectivity index (χ0n) is 14.7. The van der Waals surface area contributed by atoms with Gasteiger partial charge >= 0.3 is 0 Å². The monoisotopic (exact) mass is 344 g/mol. The lowest BCUT2D eigenvalue weighted by atomic mass is 10.1. The summed E-state index contributed by atoms with van der Waals surface area (Å²) in [6, 6.07) is 6.38. The van der Waals surface area contributed by atoms with Gasteiger partial charge in [-0.3, -0.25) is 4.79 Å². The molecular formula is C19H25FN4O. The van der Waals surface area contributed by atoms with Gasteiger partial charge in [-0.05, 0) is 37.1 Å². The molecule has 0 unspecified atom stereocenters. The lowest BCUT2D eigenvalue weighted by Crippen LogP contribution is -2.33. The zero-order valence-corrected chi connectivity index (χ0v) is 14.7. The van der Waals surface area contributed by atoms with Crippen molar-refractivity contribution in [2.24, 2.45) is 0 Å². The molecule has 0 bridgehead atoms. The molecule has 0 spiro atoms. The van der Waals surface area contributed by atoms with Gasteiger partial charge < -0.3 is 9.47 Å². The zero-order chi connectivity index (χ0) is 17.6. The third kappa shape index (κ3) is 4.24. The number of rotatable bonds is 2. The van der Waals surface area contributed by atoms with Gasteiger partial charge in [0.05, 0.1) is 0 Å². The van der Waals surface area contributed by atoms with Crippen LogP contribution in [0.15, 0.2) is 24.3 Å². The molecule has 0 fully saturated rings. The van der Waals surface area contributed by atoms with Crippen molar-refractivity contribution in [2.75, 3.05) is 13.1 Å². The van der Waals surface area contributed by atoms with E-state index in [1.165, 1.54) is 12.1 Å². The summed E-state index contributed by atoms with van der Waals surface area (Å²) in [6.45, 7) is 4.26. The van der Waals surface area contributed by atoms with Crippen LogP contribution in [0, 0.1) is 5.82 Å². The van der Waals surface area contributed by atoms with Gasteiger partial charge in [0.1, 0.15) is 11.6 Å². The molecule has 0 radical (unpaired) electrons. The smallest absolute Gasteiger partial charge is 0.222 e. The maximum atomic E-state index is 13.2. The van der Waals surface area contributed by atoms with E-state index in [-0.39, 0.29) is 11.7 Å². The highest BCUT2D eigenvalue weighted by atomic mass is 19.1. The van der Waals surface area contributed by atoms with E-state index in [0.29, 0.717) is 19.4 Å². The van der Waals surface area contributed by atoms with Crippen LogP contribution in [0.3, 0.4) is 0 Å². The summed E-state index contributed by atoms with van der Waals surface area (Å²) in [5, 5.41) is 8.70. The van der Waals surface area contributed by atoms with E-state index in [1.54, 1.807) is 12.1 Å². The van der Waals surface area contributed by atoms with Crippen LogP contribution in [-0.4, -0.2) is 38.7 Å². The normalized spacial score (nSPS) is 16.2. The van der Waals surface area contributed by atoms with Gasteiger partial charge in [-0.1, -0.05) is 19.8 Å². The van der Waals surface area contributed by atoms with Crippen molar-refractivity contribution >= 4 is 5.91 Å². The number of carbonyl (C=O) groups excluding carboxylic acids is 1. The Morgan fingerprint density at radius 2 is 1.76 bits per heavy atom. The average molecular weight is 344 g/mol. The van der Waals surface area contributed by atoms with E-state index < -0.39 is 0 Å². The highest BCUT2D eigenvalue weighted by Crippen LogP contribution is 2.21. The summed E-state index contributed by atoms with van der Waals surface area (Å²) in [7, 11) is 0. The number of benzene rings is 1. The maximum Gasteiger partial charge on any atom is 0.222 e. The largest absolute Gasteiger partial charge is 0.342 e. The van der Waals surface area contributed by atoms with E-state index in [0.717, 1.165) is 56.0 Å². The summed E-state index contributed by atoms with van der Waals surface area (Å²) in [6.07, 6.45) is 5.58. The first-order chi connectivity index (χ1) is 12.2. The SMILES string of the molecule is CCC(=O)N1CCCCCCn2c(nnc2-c2ccc(F)cc2)CC1. The minimum Gasteiger partial charge on any atom is -0.342 e. The molecule has 25 heavy (non-hydrogen) atoms. The lowest BCUT2D eigenvalue weighted by Gasteiger charge is -2.21. The van der Waals surface area contributed by atoms with Crippen molar-refractivity contribution in [3.05, 3.63) is 35.9 Å². The Morgan fingerprint density at radius 1 is 1.04 bits per heavy atom. The molecule has 0 atom stereocenters. The van der Waals surface area contributed by atoms with Gasteiger partial charge in [-0.25, -0.2) is 4.39 Å². The fraction of sp³-hybridized carbons (Fsp3) is 0.526. The number of nitrogens with zero attached hydrogens (tertiary/aromatic N) is 4. The van der Waals surface area contributed by atoms with Crippen LogP contribution in [-0.2, 0) is 17.8 Å². The summed E-state index contributed by atoms with van der Waals surface area (Å²) in [5.41, 5.74) is 0.872. The molecule has 1 amide bonds. The molecule has 6 heteroatoms. The predicted molar refractivity (Wildman–Crippen MR) is 94.5 cm³/mol. The number of carbonyl (C=O) groups is 1. The van der Waals surface area contributed by atoms with Crippen molar-refractivity contribution in [3.63, 3.8) is 0 Å². The van der Waals surface area contributed by atoms with Gasteiger partial charge in [0, 0.05) is 38.0 Å². The van der Waals surface area contributed by atoms with Gasteiger partial charge in [-0.2, -0.15) is 0 Å². The summed E-state index contributed by atoms with van der Waals surface area (Å²) >= 11 is 0. The van der Waals surface area contributed by atoms with E-state index in [4.69, 9.17) is 0 Å². The predicted octanol–water partition coefficient (Wildman–Crippen LogP) is 3.44. The molecule has 0 aliphatic carbocycles. The number of halogens is 1. The minimum atomic E-state index is -0.255. The van der Waals surface area contributed by atoms with Crippen LogP contribution in [0.2, 0.25) is 0 Å². The Bertz CT molecular complexity index is 711. The van der Waals surface area contributed by atoms with Gasteiger partial charge in [0.15, 0.2) is 5.82 Å². The quantitative estimate of drug-likeness (QED) is 0.838. The molecule has 3 rings (SSSR count). The Hall–Kier alpha value is -2.24. The van der Waals surface area contributed by atoms with Gasteiger partial charge in [-0.15, -0.1) is 10.2 Å². The third-order valence-electron chi connectivity index (χ3n) is 4.75. The number of hydrogen-bond acceptors (Lipinski definition) is 3. The molecule has 1 aliphatic heterocycles. The maximum absolute atomic E-state index is 13.2. The number of amides is 1. The van der Waals surface area contributed by atoms with Crippen molar-refractivity contribution in [1.82, 2.24) is 19.7 Å². The van der Waals surface area contributed by atoms with Crippen molar-refractivity contribution in [3.8, 4) is 11.4 Å². The second-order valence-corrected chi connectivity index (χ2v) is 6.50. The first-order valence-corrected chi connectivity index (χ1v) is 9.15. The molecule has 0 saturated heterocycles. The van der Waals surface area contributed by atoms with Crippen LogP contribution < -0.4 is 0 Å². The van der Waals surface area contributed by atoms with E-state index in [9.17, 15) is 9.18 Å².